The van der Waals surface area contributed by atoms with Gasteiger partial charge in [-0.05, 0) is 77.1 Å². The third-order valence-electron chi connectivity index (χ3n) is 3.93. The van der Waals surface area contributed by atoms with Gasteiger partial charge in [-0.25, -0.2) is 9.79 Å². The van der Waals surface area contributed by atoms with Crippen LogP contribution in [0.15, 0.2) is 58.7 Å². The smallest absolute Gasteiger partial charge is 0.363 e. The fraction of sp³-hybridized carbons (Fsp3) is 0.100. The molecular weight excluding hydrogens is 481 g/mol. The summed E-state index contributed by atoms with van der Waals surface area (Å²) in [7, 11) is 0. The number of nitrogens with zero attached hydrogens (tertiary/aromatic N) is 1. The zero-order valence-corrected chi connectivity index (χ0v) is 17.1. The number of carbonyl (C=O) groups excluding carboxylic acids is 1. The second kappa shape index (κ2) is 7.36. The summed E-state index contributed by atoms with van der Waals surface area (Å²) in [6.07, 6.45) is 3.61. The average molecular weight is 494 g/mol. The van der Waals surface area contributed by atoms with E-state index < -0.39 is 5.97 Å². The molecule has 0 bridgehead atoms. The van der Waals surface area contributed by atoms with Crippen LogP contribution >= 0.6 is 34.2 Å². The van der Waals surface area contributed by atoms with Crippen LogP contribution in [0.2, 0.25) is 5.02 Å². The number of aliphatic imine (C=N–C) groups is 1. The number of hydrogen-bond acceptors (Lipinski definition) is 5. The number of fused-ring (bicyclic) bond motifs is 1. The Morgan fingerprint density at radius 3 is 2.85 bits per heavy atom. The average Bonchev–Trinajstić information content (AvgIpc) is 3.23. The molecule has 0 atom stereocenters. The van der Waals surface area contributed by atoms with Crippen LogP contribution in [0.1, 0.15) is 18.1 Å². The maximum atomic E-state index is 12.2. The molecule has 0 aromatic heterocycles. The zero-order chi connectivity index (χ0) is 19.0. The quantitative estimate of drug-likeness (QED) is 0.344. The van der Waals surface area contributed by atoms with Crippen LogP contribution < -0.4 is 9.47 Å². The molecule has 5 nitrogen and oxygen atoms in total. The van der Waals surface area contributed by atoms with Crippen LogP contribution in [0.3, 0.4) is 0 Å². The Labute approximate surface area is 174 Å². The Bertz CT molecular complexity index is 1040. The summed E-state index contributed by atoms with van der Waals surface area (Å²) in [5.74, 6) is 1.15. The molecule has 0 radical (unpaired) electrons. The second-order valence-electron chi connectivity index (χ2n) is 5.96. The zero-order valence-electron chi connectivity index (χ0n) is 14.2. The molecular formula is C20H13ClINO4. The van der Waals surface area contributed by atoms with Crippen molar-refractivity contribution in [3.63, 3.8) is 0 Å². The van der Waals surface area contributed by atoms with E-state index in [1.54, 1.807) is 12.1 Å². The number of allylic oxidation sites excluding steroid dienone is 2. The van der Waals surface area contributed by atoms with Gasteiger partial charge >= 0.3 is 5.97 Å². The molecule has 0 saturated heterocycles. The van der Waals surface area contributed by atoms with Crippen molar-refractivity contribution in [1.29, 1.82) is 0 Å². The molecule has 136 valence electrons. The predicted molar refractivity (Wildman–Crippen MR) is 111 cm³/mol. The number of benzene rings is 2. The summed E-state index contributed by atoms with van der Waals surface area (Å²) in [6, 6.07) is 11.1. The molecule has 4 rings (SSSR count). The third-order valence-corrected chi connectivity index (χ3v) is 4.94. The number of esters is 1. The Hall–Kier alpha value is -2.32. The van der Waals surface area contributed by atoms with Crippen molar-refractivity contribution in [2.24, 2.45) is 4.99 Å². The highest BCUT2D eigenvalue weighted by Gasteiger charge is 2.25. The van der Waals surface area contributed by atoms with Gasteiger partial charge in [0.25, 0.3) is 0 Å². The SMILES string of the molecule is CC(=Cc1ccc2c(c1)OCO2)C=C1N=C(c2cc(I)ccc2Cl)OC1=O. The van der Waals surface area contributed by atoms with E-state index in [1.807, 2.05) is 43.3 Å². The Kier molecular flexibility index (Phi) is 4.92. The number of rotatable bonds is 3. The van der Waals surface area contributed by atoms with Gasteiger partial charge in [-0.2, -0.15) is 0 Å². The fourth-order valence-electron chi connectivity index (χ4n) is 2.71. The van der Waals surface area contributed by atoms with E-state index >= 15 is 0 Å². The molecule has 2 aliphatic heterocycles. The maximum absolute atomic E-state index is 12.2. The number of ether oxygens (including phenoxy) is 3. The monoisotopic (exact) mass is 493 g/mol. The minimum absolute atomic E-state index is 0.214. The molecule has 0 unspecified atom stereocenters. The van der Waals surface area contributed by atoms with Crippen molar-refractivity contribution in [2.75, 3.05) is 6.79 Å². The van der Waals surface area contributed by atoms with Crippen molar-refractivity contribution in [3.8, 4) is 11.5 Å². The van der Waals surface area contributed by atoms with E-state index in [-0.39, 0.29) is 18.4 Å². The van der Waals surface area contributed by atoms with E-state index in [0.717, 1.165) is 20.5 Å². The molecule has 7 heteroatoms. The molecule has 0 fully saturated rings. The molecule has 2 aromatic rings. The maximum Gasteiger partial charge on any atom is 0.363 e. The van der Waals surface area contributed by atoms with Crippen LogP contribution in [-0.2, 0) is 9.53 Å². The lowest BCUT2D eigenvalue weighted by Crippen LogP contribution is -2.06. The normalized spacial score (nSPS) is 17.3. The van der Waals surface area contributed by atoms with Gasteiger partial charge in [0.2, 0.25) is 12.7 Å². The molecule has 0 aliphatic carbocycles. The summed E-state index contributed by atoms with van der Waals surface area (Å²) in [5, 5.41) is 0.482. The first kappa shape index (κ1) is 18.1. The van der Waals surface area contributed by atoms with Gasteiger partial charge < -0.3 is 14.2 Å². The second-order valence-corrected chi connectivity index (χ2v) is 7.61. The molecule has 2 aromatic carbocycles. The Morgan fingerprint density at radius 1 is 1.19 bits per heavy atom. The van der Waals surface area contributed by atoms with Crippen molar-refractivity contribution in [3.05, 3.63) is 73.5 Å². The van der Waals surface area contributed by atoms with E-state index in [4.69, 9.17) is 25.8 Å². The van der Waals surface area contributed by atoms with Crippen molar-refractivity contribution in [1.82, 2.24) is 0 Å². The van der Waals surface area contributed by atoms with Gasteiger partial charge in [-0.15, -0.1) is 0 Å². The van der Waals surface area contributed by atoms with Crippen LogP contribution in [-0.4, -0.2) is 18.7 Å². The highest BCUT2D eigenvalue weighted by molar-refractivity contribution is 14.1. The van der Waals surface area contributed by atoms with E-state index in [0.29, 0.717) is 16.3 Å². The summed E-state index contributed by atoms with van der Waals surface area (Å²) < 4.78 is 17.0. The third kappa shape index (κ3) is 3.86. The Balaban J connectivity index is 1.62. The number of hydrogen-bond donors (Lipinski definition) is 0. The molecule has 27 heavy (non-hydrogen) atoms. The molecule has 2 heterocycles. The summed E-state index contributed by atoms with van der Waals surface area (Å²) in [4.78, 5) is 16.5. The van der Waals surface area contributed by atoms with Crippen molar-refractivity contribution in [2.45, 2.75) is 6.92 Å². The first-order chi connectivity index (χ1) is 13.0. The topological polar surface area (TPSA) is 57.1 Å². The first-order valence-electron chi connectivity index (χ1n) is 8.05. The first-order valence-corrected chi connectivity index (χ1v) is 9.51. The van der Waals surface area contributed by atoms with Crippen LogP contribution in [0, 0.1) is 3.57 Å². The molecule has 0 N–H and O–H groups in total. The highest BCUT2D eigenvalue weighted by atomic mass is 127. The lowest BCUT2D eigenvalue weighted by atomic mass is 10.1. The van der Waals surface area contributed by atoms with Gasteiger partial charge in [-0.3, -0.25) is 0 Å². The highest BCUT2D eigenvalue weighted by Crippen LogP contribution is 2.33. The van der Waals surface area contributed by atoms with Gasteiger partial charge in [0, 0.05) is 3.57 Å². The number of cyclic esters (lactones) is 1. The molecule has 0 saturated carbocycles. The predicted octanol–water partition coefficient (Wildman–Crippen LogP) is 4.96. The van der Waals surface area contributed by atoms with Gasteiger partial charge in [0.05, 0.1) is 10.6 Å². The summed E-state index contributed by atoms with van der Waals surface area (Å²) in [6.45, 7) is 2.12. The Morgan fingerprint density at radius 2 is 2.00 bits per heavy atom. The van der Waals surface area contributed by atoms with Crippen LogP contribution in [0.5, 0.6) is 11.5 Å². The largest absolute Gasteiger partial charge is 0.454 e. The van der Waals surface area contributed by atoms with E-state index in [9.17, 15) is 4.79 Å². The van der Waals surface area contributed by atoms with Gasteiger partial charge in [-0.1, -0.05) is 23.7 Å². The fourth-order valence-corrected chi connectivity index (χ4v) is 3.40. The van der Waals surface area contributed by atoms with Crippen LogP contribution in [0.25, 0.3) is 6.08 Å². The van der Waals surface area contributed by atoms with Crippen molar-refractivity contribution >= 4 is 52.1 Å². The number of carbonyl (C=O) groups is 1. The molecule has 0 spiro atoms. The van der Waals surface area contributed by atoms with Crippen molar-refractivity contribution < 1.29 is 19.0 Å². The molecule has 0 amide bonds. The lowest BCUT2D eigenvalue weighted by Gasteiger charge is -2.02. The van der Waals surface area contributed by atoms with Gasteiger partial charge in [0.15, 0.2) is 17.2 Å². The minimum atomic E-state index is -0.502. The summed E-state index contributed by atoms with van der Waals surface area (Å²) >= 11 is 8.37. The lowest BCUT2D eigenvalue weighted by molar-refractivity contribution is -0.130. The summed E-state index contributed by atoms with van der Waals surface area (Å²) in [5.41, 5.74) is 2.61. The number of halogens is 2. The van der Waals surface area contributed by atoms with E-state index in [2.05, 4.69) is 27.6 Å². The standard InChI is InChI=1S/C20H13ClINO4/c1-11(6-12-2-5-17-18(8-12)26-10-25-17)7-16-20(24)27-19(23-16)14-9-13(22)3-4-15(14)21/h2-9H,10H2,1H3. The molecule has 2 aliphatic rings. The van der Waals surface area contributed by atoms with E-state index in [1.165, 1.54) is 0 Å². The minimum Gasteiger partial charge on any atom is -0.454 e. The van der Waals surface area contributed by atoms with Gasteiger partial charge in [0.1, 0.15) is 0 Å². The van der Waals surface area contributed by atoms with Crippen LogP contribution in [0.4, 0.5) is 0 Å².